The Bertz CT molecular complexity index is 1150. The van der Waals surface area contributed by atoms with Crippen LogP contribution in [-0.2, 0) is 6.42 Å². The number of nitrogens with one attached hydrogen (secondary N) is 1. The lowest BCUT2D eigenvalue weighted by atomic mass is 10.1. The molecule has 6 heteroatoms. The average molecular weight is 426 g/mol. The van der Waals surface area contributed by atoms with Gasteiger partial charge in [0, 0.05) is 50.5 Å². The van der Waals surface area contributed by atoms with Crippen molar-refractivity contribution in [3.05, 3.63) is 96.4 Å². The molecule has 0 saturated carbocycles. The molecule has 2 heterocycles. The third-order valence-corrected chi connectivity index (χ3v) is 5.30. The third kappa shape index (κ3) is 5.03. The van der Waals surface area contributed by atoms with Gasteiger partial charge < -0.3 is 10.2 Å². The van der Waals surface area contributed by atoms with E-state index in [0.29, 0.717) is 17.8 Å². The lowest BCUT2D eigenvalue weighted by Gasteiger charge is -2.12. The molecule has 2 aromatic heterocycles. The first kappa shape index (κ1) is 21.3. The van der Waals surface area contributed by atoms with Gasteiger partial charge in [0.2, 0.25) is 0 Å². The van der Waals surface area contributed by atoms with Crippen molar-refractivity contribution in [3.8, 4) is 16.9 Å². The molecule has 0 radical (unpaired) electrons. The van der Waals surface area contributed by atoms with Gasteiger partial charge in [-0.05, 0) is 54.8 Å². The van der Waals surface area contributed by atoms with Crippen LogP contribution in [0.3, 0.4) is 0 Å². The van der Waals surface area contributed by atoms with Crippen LogP contribution in [0.15, 0.2) is 85.3 Å². The average Bonchev–Trinajstić information content (AvgIpc) is 3.29. The summed E-state index contributed by atoms with van der Waals surface area (Å²) >= 11 is 0. The second kappa shape index (κ2) is 9.92. The molecule has 0 aliphatic carbocycles. The first-order valence-electron chi connectivity index (χ1n) is 10.7. The quantitative estimate of drug-likeness (QED) is 0.426. The number of rotatable bonds is 8. The molecule has 4 rings (SSSR count). The van der Waals surface area contributed by atoms with Crippen LogP contribution in [0.1, 0.15) is 22.3 Å². The highest BCUT2D eigenvalue weighted by molar-refractivity contribution is 5.99. The van der Waals surface area contributed by atoms with Crippen molar-refractivity contribution in [2.45, 2.75) is 12.8 Å². The van der Waals surface area contributed by atoms with Gasteiger partial charge in [-0.3, -0.25) is 9.78 Å². The summed E-state index contributed by atoms with van der Waals surface area (Å²) < 4.78 is 1.74. The number of carbonyl (C=O) groups is 1. The minimum absolute atomic E-state index is 0.131. The summed E-state index contributed by atoms with van der Waals surface area (Å²) in [6.45, 7) is 0.595. The van der Waals surface area contributed by atoms with Crippen molar-refractivity contribution in [1.82, 2.24) is 20.1 Å². The van der Waals surface area contributed by atoms with Gasteiger partial charge in [-0.2, -0.15) is 5.10 Å². The Labute approximate surface area is 188 Å². The number of anilines is 1. The first-order chi connectivity index (χ1) is 15.6. The summed E-state index contributed by atoms with van der Waals surface area (Å²) in [7, 11) is 4.06. The molecule has 32 heavy (non-hydrogen) atoms. The second-order valence-corrected chi connectivity index (χ2v) is 7.83. The van der Waals surface area contributed by atoms with Crippen LogP contribution in [0, 0.1) is 0 Å². The van der Waals surface area contributed by atoms with E-state index in [0.717, 1.165) is 24.1 Å². The molecular weight excluding hydrogens is 398 g/mol. The zero-order valence-corrected chi connectivity index (χ0v) is 18.4. The van der Waals surface area contributed by atoms with Gasteiger partial charge in [0.15, 0.2) is 0 Å². The van der Waals surface area contributed by atoms with Gasteiger partial charge >= 0.3 is 0 Å². The van der Waals surface area contributed by atoms with E-state index >= 15 is 0 Å². The first-order valence-corrected chi connectivity index (χ1v) is 10.7. The molecule has 2 aromatic carbocycles. The maximum Gasteiger partial charge on any atom is 0.255 e. The standard InChI is InChI=1S/C26H27N5O/c1-30(2)22-14-12-20(13-15-22)8-6-17-28-26(32)24-19-31(23-10-4-3-5-11-23)29-25(24)21-9-7-16-27-18-21/h3-5,7,9-16,18-19H,6,8,17H2,1-2H3,(H,28,32). The molecule has 0 saturated heterocycles. The van der Waals surface area contributed by atoms with E-state index in [1.165, 1.54) is 11.3 Å². The van der Waals surface area contributed by atoms with Crippen LogP contribution in [0.4, 0.5) is 5.69 Å². The van der Waals surface area contributed by atoms with Crippen molar-refractivity contribution >= 4 is 11.6 Å². The molecule has 4 aromatic rings. The SMILES string of the molecule is CN(C)c1ccc(CCCNC(=O)c2cn(-c3ccccc3)nc2-c2cccnc2)cc1. The fourth-order valence-electron chi connectivity index (χ4n) is 3.52. The number of nitrogens with zero attached hydrogens (tertiary/aromatic N) is 4. The van der Waals surface area contributed by atoms with E-state index < -0.39 is 0 Å². The van der Waals surface area contributed by atoms with Crippen LogP contribution in [-0.4, -0.2) is 41.3 Å². The molecule has 0 unspecified atom stereocenters. The number of para-hydroxylation sites is 1. The summed E-state index contributed by atoms with van der Waals surface area (Å²) in [6.07, 6.45) is 7.00. The van der Waals surface area contributed by atoms with E-state index in [2.05, 4.69) is 44.6 Å². The molecule has 162 valence electrons. The fraction of sp³-hybridized carbons (Fsp3) is 0.192. The summed E-state index contributed by atoms with van der Waals surface area (Å²) in [5, 5.41) is 7.73. The predicted octanol–water partition coefficient (Wildman–Crippen LogP) is 4.36. The lowest BCUT2D eigenvalue weighted by Crippen LogP contribution is -2.25. The molecule has 0 spiro atoms. The van der Waals surface area contributed by atoms with Crippen molar-refractivity contribution in [3.63, 3.8) is 0 Å². The summed E-state index contributed by atoms with van der Waals surface area (Å²) in [4.78, 5) is 19.3. The highest BCUT2D eigenvalue weighted by Crippen LogP contribution is 2.23. The number of pyridine rings is 1. The van der Waals surface area contributed by atoms with Crippen LogP contribution in [0.5, 0.6) is 0 Å². The molecule has 0 aliphatic rings. The number of hydrogen-bond donors (Lipinski definition) is 1. The molecule has 1 N–H and O–H groups in total. The molecule has 0 atom stereocenters. The van der Waals surface area contributed by atoms with Crippen LogP contribution in [0.25, 0.3) is 16.9 Å². The van der Waals surface area contributed by atoms with Crippen molar-refractivity contribution in [1.29, 1.82) is 0 Å². The van der Waals surface area contributed by atoms with Gasteiger partial charge in [-0.25, -0.2) is 4.68 Å². The molecule has 6 nitrogen and oxygen atoms in total. The van der Waals surface area contributed by atoms with Crippen molar-refractivity contribution in [2.75, 3.05) is 25.5 Å². The van der Waals surface area contributed by atoms with E-state index in [1.54, 1.807) is 23.3 Å². The Morgan fingerprint density at radius 3 is 2.47 bits per heavy atom. The zero-order chi connectivity index (χ0) is 22.3. The van der Waals surface area contributed by atoms with Crippen LogP contribution < -0.4 is 10.2 Å². The zero-order valence-electron chi connectivity index (χ0n) is 18.4. The van der Waals surface area contributed by atoms with Gasteiger partial charge in [0.25, 0.3) is 5.91 Å². The maximum absolute atomic E-state index is 13.0. The summed E-state index contributed by atoms with van der Waals surface area (Å²) in [5.41, 5.74) is 5.32. The van der Waals surface area contributed by atoms with E-state index in [4.69, 9.17) is 0 Å². The number of carbonyl (C=O) groups excluding carboxylic acids is 1. The number of hydrogen-bond acceptors (Lipinski definition) is 4. The lowest BCUT2D eigenvalue weighted by molar-refractivity contribution is 0.0954. The summed E-state index contributed by atoms with van der Waals surface area (Å²) in [5.74, 6) is -0.131. The van der Waals surface area contributed by atoms with Crippen molar-refractivity contribution in [2.24, 2.45) is 0 Å². The number of amides is 1. The summed E-state index contributed by atoms with van der Waals surface area (Å²) in [6, 6.07) is 22.1. The van der Waals surface area contributed by atoms with Crippen LogP contribution >= 0.6 is 0 Å². The number of aryl methyl sites for hydroxylation is 1. The van der Waals surface area contributed by atoms with E-state index in [-0.39, 0.29) is 5.91 Å². The van der Waals surface area contributed by atoms with Crippen molar-refractivity contribution < 1.29 is 4.79 Å². The van der Waals surface area contributed by atoms with Gasteiger partial charge in [-0.1, -0.05) is 30.3 Å². The Morgan fingerprint density at radius 2 is 1.78 bits per heavy atom. The molecule has 1 amide bonds. The Hall–Kier alpha value is -3.93. The van der Waals surface area contributed by atoms with Gasteiger partial charge in [-0.15, -0.1) is 0 Å². The maximum atomic E-state index is 13.0. The molecule has 0 fully saturated rings. The smallest absolute Gasteiger partial charge is 0.255 e. The molecule has 0 aliphatic heterocycles. The Morgan fingerprint density at radius 1 is 1.00 bits per heavy atom. The molecule has 0 bridgehead atoms. The monoisotopic (exact) mass is 425 g/mol. The Kier molecular flexibility index (Phi) is 6.60. The number of aromatic nitrogens is 3. The van der Waals surface area contributed by atoms with E-state index in [1.807, 2.05) is 56.6 Å². The number of benzene rings is 2. The van der Waals surface area contributed by atoms with E-state index in [9.17, 15) is 4.79 Å². The highest BCUT2D eigenvalue weighted by atomic mass is 16.1. The predicted molar refractivity (Wildman–Crippen MR) is 128 cm³/mol. The largest absolute Gasteiger partial charge is 0.378 e. The minimum atomic E-state index is -0.131. The Balaban J connectivity index is 1.44. The van der Waals surface area contributed by atoms with Gasteiger partial charge in [0.1, 0.15) is 5.69 Å². The normalized spacial score (nSPS) is 10.7. The third-order valence-electron chi connectivity index (χ3n) is 5.30. The van der Waals surface area contributed by atoms with Gasteiger partial charge in [0.05, 0.1) is 11.3 Å². The minimum Gasteiger partial charge on any atom is -0.378 e. The molecular formula is C26H27N5O. The topological polar surface area (TPSA) is 63.1 Å². The second-order valence-electron chi connectivity index (χ2n) is 7.83. The van der Waals surface area contributed by atoms with Crippen LogP contribution in [0.2, 0.25) is 0 Å². The fourth-order valence-corrected chi connectivity index (χ4v) is 3.52. The highest BCUT2D eigenvalue weighted by Gasteiger charge is 2.18.